The van der Waals surface area contributed by atoms with Crippen LogP contribution in [0, 0.1) is 5.82 Å². The Labute approximate surface area is 178 Å². The molecule has 5 nitrogen and oxygen atoms in total. The molecule has 0 aliphatic rings. The molecule has 1 N–H and O–H groups in total. The van der Waals surface area contributed by atoms with Crippen molar-refractivity contribution in [2.75, 3.05) is 7.11 Å². The van der Waals surface area contributed by atoms with Crippen molar-refractivity contribution >= 4 is 11.8 Å². The molecule has 0 fully saturated rings. The number of nitrogens with zero attached hydrogens (tertiary/aromatic N) is 1. The highest BCUT2D eigenvalue weighted by molar-refractivity contribution is 5.88. The highest BCUT2D eigenvalue weighted by Crippen LogP contribution is 2.19. The molecule has 2 aromatic rings. The quantitative estimate of drug-likeness (QED) is 0.708. The number of methoxy groups -OCH3 is 1. The summed E-state index contributed by atoms with van der Waals surface area (Å²) in [6, 6.07) is 12.9. The smallest absolute Gasteiger partial charge is 0.243 e. The van der Waals surface area contributed by atoms with Crippen LogP contribution in [-0.2, 0) is 22.6 Å². The summed E-state index contributed by atoms with van der Waals surface area (Å²) in [7, 11) is 1.59. The van der Waals surface area contributed by atoms with E-state index in [1.165, 1.54) is 11.0 Å². The molecule has 0 saturated carbocycles. The first-order valence-corrected chi connectivity index (χ1v) is 10.1. The van der Waals surface area contributed by atoms with E-state index < -0.39 is 17.4 Å². The van der Waals surface area contributed by atoms with Crippen LogP contribution >= 0.6 is 0 Å². The highest BCUT2D eigenvalue weighted by Gasteiger charge is 2.30. The van der Waals surface area contributed by atoms with Crippen molar-refractivity contribution in [3.05, 3.63) is 65.5 Å². The van der Waals surface area contributed by atoms with E-state index in [2.05, 4.69) is 5.32 Å². The van der Waals surface area contributed by atoms with Gasteiger partial charge in [-0.2, -0.15) is 0 Å². The van der Waals surface area contributed by atoms with Gasteiger partial charge in [-0.1, -0.05) is 37.3 Å². The Hall–Kier alpha value is -2.89. The molecular formula is C24H31FN2O3. The molecule has 0 aliphatic heterocycles. The number of hydrogen-bond acceptors (Lipinski definition) is 3. The zero-order valence-electron chi connectivity index (χ0n) is 18.4. The fourth-order valence-electron chi connectivity index (χ4n) is 3.21. The number of carbonyl (C=O) groups is 2. The lowest BCUT2D eigenvalue weighted by atomic mass is 10.0. The summed E-state index contributed by atoms with van der Waals surface area (Å²) < 4.78 is 19.3. The summed E-state index contributed by atoms with van der Waals surface area (Å²) in [5.74, 6) is -0.241. The molecule has 0 unspecified atom stereocenters. The van der Waals surface area contributed by atoms with Gasteiger partial charge in [-0.05, 0) is 56.5 Å². The number of halogens is 1. The second-order valence-electron chi connectivity index (χ2n) is 8.30. The van der Waals surface area contributed by atoms with E-state index in [0.717, 1.165) is 5.56 Å². The molecule has 1 atom stereocenters. The van der Waals surface area contributed by atoms with Gasteiger partial charge in [-0.15, -0.1) is 0 Å². The fourth-order valence-corrected chi connectivity index (χ4v) is 3.21. The van der Waals surface area contributed by atoms with Crippen molar-refractivity contribution in [2.24, 2.45) is 0 Å². The third kappa shape index (κ3) is 6.58. The van der Waals surface area contributed by atoms with Crippen LogP contribution in [0.25, 0.3) is 0 Å². The van der Waals surface area contributed by atoms with Crippen LogP contribution in [0.4, 0.5) is 4.39 Å². The average molecular weight is 415 g/mol. The maximum atomic E-state index is 14.1. The van der Waals surface area contributed by atoms with E-state index in [4.69, 9.17) is 4.74 Å². The van der Waals surface area contributed by atoms with Crippen molar-refractivity contribution in [1.29, 1.82) is 0 Å². The molecule has 0 aromatic heterocycles. The summed E-state index contributed by atoms with van der Waals surface area (Å²) in [6.07, 6.45) is 0.337. The van der Waals surface area contributed by atoms with Crippen LogP contribution < -0.4 is 10.1 Å². The van der Waals surface area contributed by atoms with Crippen LogP contribution in [0.1, 0.15) is 45.2 Å². The van der Waals surface area contributed by atoms with Gasteiger partial charge in [0.2, 0.25) is 11.8 Å². The summed E-state index contributed by atoms with van der Waals surface area (Å²) in [4.78, 5) is 27.7. The number of carbonyl (C=O) groups excluding carboxylic acids is 2. The molecule has 0 spiro atoms. The number of hydrogen-bond donors (Lipinski definition) is 1. The normalized spacial score (nSPS) is 12.2. The molecule has 0 aliphatic carbocycles. The van der Waals surface area contributed by atoms with Gasteiger partial charge < -0.3 is 15.0 Å². The predicted molar refractivity (Wildman–Crippen MR) is 116 cm³/mol. The first-order valence-electron chi connectivity index (χ1n) is 10.1. The number of amides is 2. The van der Waals surface area contributed by atoms with E-state index in [1.54, 1.807) is 25.3 Å². The lowest BCUT2D eigenvalue weighted by Gasteiger charge is -2.33. The van der Waals surface area contributed by atoms with E-state index in [9.17, 15) is 14.0 Å². The van der Waals surface area contributed by atoms with Gasteiger partial charge in [0, 0.05) is 12.1 Å². The molecule has 6 heteroatoms. The van der Waals surface area contributed by atoms with Gasteiger partial charge in [0.1, 0.15) is 17.6 Å². The van der Waals surface area contributed by atoms with Crippen LogP contribution in [0.5, 0.6) is 5.75 Å². The first kappa shape index (κ1) is 23.4. The molecule has 2 amide bonds. The Kier molecular flexibility index (Phi) is 7.98. The largest absolute Gasteiger partial charge is 0.497 e. The van der Waals surface area contributed by atoms with Gasteiger partial charge in [0.05, 0.1) is 13.5 Å². The Bertz CT molecular complexity index is 859. The van der Waals surface area contributed by atoms with Crippen molar-refractivity contribution in [2.45, 2.75) is 58.7 Å². The van der Waals surface area contributed by atoms with Crippen LogP contribution in [0.15, 0.2) is 48.5 Å². The molecule has 0 saturated heterocycles. The van der Waals surface area contributed by atoms with Gasteiger partial charge in [0.25, 0.3) is 0 Å². The third-order valence-corrected chi connectivity index (χ3v) is 4.70. The molecule has 0 bridgehead atoms. The summed E-state index contributed by atoms with van der Waals surface area (Å²) in [5.41, 5.74) is 0.748. The third-order valence-electron chi connectivity index (χ3n) is 4.70. The number of nitrogens with one attached hydrogen (secondary N) is 1. The molecule has 162 valence electrons. The predicted octanol–water partition coefficient (Wildman–Crippen LogP) is 4.10. The highest BCUT2D eigenvalue weighted by atomic mass is 19.1. The van der Waals surface area contributed by atoms with Gasteiger partial charge in [-0.3, -0.25) is 9.59 Å². The van der Waals surface area contributed by atoms with Crippen molar-refractivity contribution < 1.29 is 18.7 Å². The van der Waals surface area contributed by atoms with E-state index in [0.29, 0.717) is 17.7 Å². The van der Waals surface area contributed by atoms with Crippen molar-refractivity contribution in [1.82, 2.24) is 10.2 Å². The Morgan fingerprint density at radius 3 is 2.27 bits per heavy atom. The van der Waals surface area contributed by atoms with Gasteiger partial charge in [-0.25, -0.2) is 4.39 Å². The van der Waals surface area contributed by atoms with Crippen LogP contribution in [0.3, 0.4) is 0 Å². The minimum absolute atomic E-state index is 0.109. The molecule has 2 aromatic carbocycles. The van der Waals surface area contributed by atoms with E-state index in [-0.39, 0.29) is 24.8 Å². The van der Waals surface area contributed by atoms with E-state index >= 15 is 0 Å². The lowest BCUT2D eigenvalue weighted by molar-refractivity contribution is -0.141. The Morgan fingerprint density at radius 1 is 1.10 bits per heavy atom. The average Bonchev–Trinajstić information content (AvgIpc) is 2.68. The van der Waals surface area contributed by atoms with Gasteiger partial charge in [0.15, 0.2) is 0 Å². The van der Waals surface area contributed by atoms with Crippen LogP contribution in [0.2, 0.25) is 0 Å². The molecule has 0 radical (unpaired) electrons. The molecule has 2 rings (SSSR count). The molecule has 0 heterocycles. The topological polar surface area (TPSA) is 58.6 Å². The zero-order valence-corrected chi connectivity index (χ0v) is 18.4. The maximum absolute atomic E-state index is 14.1. The number of rotatable bonds is 8. The fraction of sp³-hybridized carbons (Fsp3) is 0.417. The van der Waals surface area contributed by atoms with Crippen LogP contribution in [-0.4, -0.2) is 35.4 Å². The Morgan fingerprint density at radius 2 is 1.73 bits per heavy atom. The summed E-state index contributed by atoms with van der Waals surface area (Å²) >= 11 is 0. The summed E-state index contributed by atoms with van der Waals surface area (Å²) in [5, 5.41) is 2.96. The molecule has 30 heavy (non-hydrogen) atoms. The maximum Gasteiger partial charge on any atom is 0.243 e. The minimum Gasteiger partial charge on any atom is -0.497 e. The SMILES string of the molecule is CC[C@H](C(=O)NC(C)(C)C)N(Cc1ccc(OC)cc1)C(=O)Cc1ccccc1F. The Balaban J connectivity index is 2.32. The zero-order chi connectivity index (χ0) is 22.3. The van der Waals surface area contributed by atoms with Gasteiger partial charge >= 0.3 is 0 Å². The lowest BCUT2D eigenvalue weighted by Crippen LogP contribution is -2.53. The number of ether oxygens (including phenoxy) is 1. The minimum atomic E-state index is -0.661. The van der Waals surface area contributed by atoms with Crippen molar-refractivity contribution in [3.63, 3.8) is 0 Å². The monoisotopic (exact) mass is 414 g/mol. The van der Waals surface area contributed by atoms with Crippen molar-refractivity contribution in [3.8, 4) is 5.75 Å². The standard InChI is InChI=1S/C24H31FN2O3/c1-6-21(23(29)26-24(2,3)4)27(16-17-11-13-19(30-5)14-12-17)22(28)15-18-9-7-8-10-20(18)25/h7-14,21H,6,15-16H2,1-5H3,(H,26,29)/t21-/m1/s1. The first-order chi connectivity index (χ1) is 14.1. The number of benzene rings is 2. The van der Waals surface area contributed by atoms with E-state index in [1.807, 2.05) is 52.0 Å². The second kappa shape index (κ2) is 10.2. The summed E-state index contributed by atoms with van der Waals surface area (Å²) in [6.45, 7) is 7.80. The second-order valence-corrected chi connectivity index (χ2v) is 8.30. The molecular weight excluding hydrogens is 383 g/mol.